The summed E-state index contributed by atoms with van der Waals surface area (Å²) in [4.78, 5) is 13.3. The Kier molecular flexibility index (Phi) is 1.84. The van der Waals surface area contributed by atoms with Gasteiger partial charge in [-0.3, -0.25) is 9.89 Å². The van der Waals surface area contributed by atoms with E-state index in [1.807, 2.05) is 0 Å². The van der Waals surface area contributed by atoms with Crippen molar-refractivity contribution in [2.24, 2.45) is 5.92 Å². The van der Waals surface area contributed by atoms with Crippen LogP contribution >= 0.6 is 0 Å². The number of nitrogens with one attached hydrogen (secondary N) is 1. The van der Waals surface area contributed by atoms with Crippen LogP contribution in [-0.2, 0) is 11.2 Å². The summed E-state index contributed by atoms with van der Waals surface area (Å²) < 4.78 is 25.7. The van der Waals surface area contributed by atoms with Crippen LogP contribution in [0, 0.1) is 5.92 Å². The van der Waals surface area contributed by atoms with Gasteiger partial charge in [-0.25, -0.2) is 8.78 Å². The van der Waals surface area contributed by atoms with Crippen molar-refractivity contribution in [3.63, 3.8) is 0 Å². The molecule has 1 aliphatic heterocycles. The number of nitrogens with zero attached hydrogens (tertiary/aromatic N) is 2. The molecule has 3 rings (SSSR count). The van der Waals surface area contributed by atoms with E-state index in [4.69, 9.17) is 0 Å². The van der Waals surface area contributed by atoms with E-state index in [2.05, 4.69) is 10.2 Å². The third-order valence-corrected chi connectivity index (χ3v) is 3.18. The Bertz CT molecular complexity index is 443. The molecule has 1 fully saturated rings. The molecule has 1 amide bonds. The van der Waals surface area contributed by atoms with E-state index >= 15 is 0 Å². The molecule has 6 heteroatoms. The van der Waals surface area contributed by atoms with E-state index in [0.717, 1.165) is 18.5 Å². The molecule has 16 heavy (non-hydrogen) atoms. The van der Waals surface area contributed by atoms with Crippen molar-refractivity contribution < 1.29 is 13.6 Å². The molecule has 0 radical (unpaired) electrons. The third kappa shape index (κ3) is 1.32. The fourth-order valence-electron chi connectivity index (χ4n) is 2.16. The SMILES string of the molecule is O=C([C@H]1CC1(F)F)N1CCCc2[nH]ncc21. The molecular formula is C10H11F2N3O. The standard InChI is InChI=1S/C10H11F2N3O/c11-10(12)4-6(10)9(16)15-3-1-2-7-8(15)5-13-14-7/h5-6H,1-4H2,(H,13,14)/t6-/m1/s1. The number of H-pyrrole nitrogens is 1. The quantitative estimate of drug-likeness (QED) is 0.787. The fraction of sp³-hybridized carbons (Fsp3) is 0.600. The summed E-state index contributed by atoms with van der Waals surface area (Å²) >= 11 is 0. The lowest BCUT2D eigenvalue weighted by Crippen LogP contribution is -2.37. The first-order valence-corrected chi connectivity index (χ1v) is 5.31. The van der Waals surface area contributed by atoms with Gasteiger partial charge < -0.3 is 4.90 Å². The molecule has 2 heterocycles. The third-order valence-electron chi connectivity index (χ3n) is 3.18. The van der Waals surface area contributed by atoms with Gasteiger partial charge >= 0.3 is 0 Å². The predicted octanol–water partition coefficient (Wildman–Crippen LogP) is 1.34. The average molecular weight is 227 g/mol. The fourth-order valence-corrected chi connectivity index (χ4v) is 2.16. The first kappa shape index (κ1) is 9.74. The first-order valence-electron chi connectivity index (χ1n) is 5.31. The van der Waals surface area contributed by atoms with Crippen LogP contribution in [0.2, 0.25) is 0 Å². The van der Waals surface area contributed by atoms with Crippen molar-refractivity contribution in [3.8, 4) is 0 Å². The molecule has 86 valence electrons. The van der Waals surface area contributed by atoms with Crippen molar-refractivity contribution in [1.29, 1.82) is 0 Å². The predicted molar refractivity (Wildman–Crippen MR) is 52.3 cm³/mol. The van der Waals surface area contributed by atoms with Gasteiger partial charge in [-0.15, -0.1) is 0 Å². The van der Waals surface area contributed by atoms with Crippen LogP contribution < -0.4 is 4.90 Å². The molecule has 0 saturated heterocycles. The Hall–Kier alpha value is -1.46. The lowest BCUT2D eigenvalue weighted by atomic mass is 10.1. The second kappa shape index (κ2) is 3.02. The minimum Gasteiger partial charge on any atom is -0.309 e. The first-order chi connectivity index (χ1) is 7.59. The van der Waals surface area contributed by atoms with E-state index in [0.29, 0.717) is 12.2 Å². The van der Waals surface area contributed by atoms with E-state index in [9.17, 15) is 13.6 Å². The van der Waals surface area contributed by atoms with Crippen LogP contribution in [0.3, 0.4) is 0 Å². The van der Waals surface area contributed by atoms with Crippen molar-refractivity contribution in [2.45, 2.75) is 25.2 Å². The smallest absolute Gasteiger partial charge is 0.260 e. The molecule has 0 aromatic carbocycles. The number of aromatic amines is 1. The van der Waals surface area contributed by atoms with Crippen LogP contribution in [0.4, 0.5) is 14.5 Å². The maximum Gasteiger partial charge on any atom is 0.260 e. The van der Waals surface area contributed by atoms with E-state index in [-0.39, 0.29) is 6.42 Å². The monoisotopic (exact) mass is 227 g/mol. The molecule has 0 spiro atoms. The molecule has 0 unspecified atom stereocenters. The highest BCUT2D eigenvalue weighted by Gasteiger charge is 2.62. The second-order valence-electron chi connectivity index (χ2n) is 4.34. The molecule has 1 atom stereocenters. The summed E-state index contributed by atoms with van der Waals surface area (Å²) in [5.41, 5.74) is 1.53. The number of halogens is 2. The Morgan fingerprint density at radius 3 is 3.06 bits per heavy atom. The van der Waals surface area contributed by atoms with Crippen LogP contribution in [0.5, 0.6) is 0 Å². The van der Waals surface area contributed by atoms with Crippen molar-refractivity contribution in [2.75, 3.05) is 11.4 Å². The van der Waals surface area contributed by atoms with Gasteiger partial charge in [-0.1, -0.05) is 0 Å². The lowest BCUT2D eigenvalue weighted by Gasteiger charge is -2.26. The number of anilines is 1. The molecule has 1 saturated carbocycles. The number of carbonyl (C=O) groups excluding carboxylic acids is 1. The zero-order chi connectivity index (χ0) is 11.3. The summed E-state index contributed by atoms with van der Waals surface area (Å²) in [6.07, 6.45) is 2.84. The second-order valence-corrected chi connectivity index (χ2v) is 4.34. The number of aromatic nitrogens is 2. The molecule has 4 nitrogen and oxygen atoms in total. The normalized spacial score (nSPS) is 26.4. The summed E-state index contributed by atoms with van der Waals surface area (Å²) in [6, 6.07) is 0. The van der Waals surface area contributed by atoms with Gasteiger partial charge in [-0.05, 0) is 12.8 Å². The number of amides is 1. The average Bonchev–Trinajstić information content (AvgIpc) is 2.71. The number of aryl methyl sites for hydroxylation is 1. The van der Waals surface area contributed by atoms with E-state index in [1.54, 1.807) is 0 Å². The molecular weight excluding hydrogens is 216 g/mol. The summed E-state index contributed by atoms with van der Waals surface area (Å²) in [5.74, 6) is -4.38. The van der Waals surface area contributed by atoms with Crippen LogP contribution in [0.1, 0.15) is 18.5 Å². The molecule has 2 aliphatic rings. The van der Waals surface area contributed by atoms with Gasteiger partial charge in [0.15, 0.2) is 0 Å². The Morgan fingerprint density at radius 1 is 1.62 bits per heavy atom. The van der Waals surface area contributed by atoms with Gasteiger partial charge in [0.05, 0.1) is 17.6 Å². The maximum absolute atomic E-state index is 12.8. The zero-order valence-corrected chi connectivity index (χ0v) is 8.54. The summed E-state index contributed by atoms with van der Waals surface area (Å²) in [7, 11) is 0. The number of rotatable bonds is 1. The van der Waals surface area contributed by atoms with Crippen molar-refractivity contribution in [3.05, 3.63) is 11.9 Å². The number of alkyl halides is 2. The molecule has 1 N–H and O–H groups in total. The largest absolute Gasteiger partial charge is 0.309 e. The lowest BCUT2D eigenvalue weighted by molar-refractivity contribution is -0.121. The highest BCUT2D eigenvalue weighted by Crippen LogP contribution is 2.50. The van der Waals surface area contributed by atoms with Crippen LogP contribution in [-0.4, -0.2) is 28.6 Å². The highest BCUT2D eigenvalue weighted by molar-refractivity contribution is 5.98. The van der Waals surface area contributed by atoms with Gasteiger partial charge in [-0.2, -0.15) is 5.10 Å². The van der Waals surface area contributed by atoms with E-state index in [1.165, 1.54) is 11.1 Å². The van der Waals surface area contributed by atoms with Crippen molar-refractivity contribution >= 4 is 11.6 Å². The van der Waals surface area contributed by atoms with Gasteiger partial charge in [0.2, 0.25) is 5.91 Å². The molecule has 1 aromatic heterocycles. The number of fused-ring (bicyclic) bond motifs is 1. The Morgan fingerprint density at radius 2 is 2.38 bits per heavy atom. The molecule has 0 bridgehead atoms. The van der Waals surface area contributed by atoms with Gasteiger partial charge in [0, 0.05) is 13.0 Å². The number of hydrogen-bond donors (Lipinski definition) is 1. The van der Waals surface area contributed by atoms with Crippen LogP contribution in [0.15, 0.2) is 6.20 Å². The number of carbonyl (C=O) groups is 1. The van der Waals surface area contributed by atoms with Gasteiger partial charge in [0.1, 0.15) is 5.92 Å². The van der Waals surface area contributed by atoms with Crippen molar-refractivity contribution in [1.82, 2.24) is 10.2 Å². The zero-order valence-electron chi connectivity index (χ0n) is 8.54. The number of hydrogen-bond acceptors (Lipinski definition) is 2. The van der Waals surface area contributed by atoms with Crippen LogP contribution in [0.25, 0.3) is 0 Å². The molecule has 1 aromatic rings. The maximum atomic E-state index is 12.8. The Balaban J connectivity index is 1.85. The minimum absolute atomic E-state index is 0.310. The Labute approximate surface area is 90.6 Å². The summed E-state index contributed by atoms with van der Waals surface area (Å²) in [5, 5.41) is 6.64. The highest BCUT2D eigenvalue weighted by atomic mass is 19.3. The van der Waals surface area contributed by atoms with Gasteiger partial charge in [0.25, 0.3) is 5.92 Å². The minimum atomic E-state index is -2.79. The molecule has 1 aliphatic carbocycles. The van der Waals surface area contributed by atoms with E-state index < -0.39 is 17.7 Å². The summed E-state index contributed by atoms with van der Waals surface area (Å²) in [6.45, 7) is 0.512. The topological polar surface area (TPSA) is 49.0 Å².